The first-order valence-electron chi connectivity index (χ1n) is 9.16. The molecule has 2 aromatic rings. The van der Waals surface area contributed by atoms with Gasteiger partial charge in [0.1, 0.15) is 5.75 Å². The number of aryl methyl sites for hydroxylation is 1. The number of ether oxygens (including phenoxy) is 2. The highest BCUT2D eigenvalue weighted by Crippen LogP contribution is 2.22. The van der Waals surface area contributed by atoms with Gasteiger partial charge in [-0.15, -0.1) is 0 Å². The second-order valence-corrected chi connectivity index (χ2v) is 7.17. The Labute approximate surface area is 173 Å². The lowest BCUT2D eigenvalue weighted by Gasteiger charge is -2.10. The van der Waals surface area contributed by atoms with E-state index in [0.717, 1.165) is 18.4 Å². The van der Waals surface area contributed by atoms with Gasteiger partial charge in [-0.2, -0.15) is 0 Å². The molecule has 7 nitrogen and oxygen atoms in total. The summed E-state index contributed by atoms with van der Waals surface area (Å²) >= 11 is 5.87. The molecule has 1 saturated carbocycles. The maximum absolute atomic E-state index is 12.1. The third-order valence-corrected chi connectivity index (χ3v) is 4.40. The van der Waals surface area contributed by atoms with Gasteiger partial charge < -0.3 is 20.1 Å². The van der Waals surface area contributed by atoms with Crippen LogP contribution < -0.4 is 15.4 Å². The first-order chi connectivity index (χ1) is 13.9. The maximum atomic E-state index is 12.1. The van der Waals surface area contributed by atoms with Crippen molar-refractivity contribution in [1.82, 2.24) is 5.32 Å². The lowest BCUT2D eigenvalue weighted by molar-refractivity contribution is -0.149. The Hall–Kier alpha value is -3.06. The van der Waals surface area contributed by atoms with Crippen molar-refractivity contribution in [2.45, 2.75) is 25.8 Å². The quantitative estimate of drug-likeness (QED) is 0.645. The number of anilines is 1. The summed E-state index contributed by atoms with van der Waals surface area (Å²) in [6.45, 7) is 1.02. The van der Waals surface area contributed by atoms with E-state index in [2.05, 4.69) is 10.6 Å². The molecule has 1 fully saturated rings. The summed E-state index contributed by atoms with van der Waals surface area (Å²) in [5.74, 6) is -0.852. The SMILES string of the molecule is Cc1cc(Cl)ccc1OCC(=O)OCC(=O)Nc1cccc(C(=O)NC2CC2)c1. The van der Waals surface area contributed by atoms with Crippen LogP contribution in [0.1, 0.15) is 28.8 Å². The topological polar surface area (TPSA) is 93.7 Å². The third kappa shape index (κ3) is 6.50. The van der Waals surface area contributed by atoms with Gasteiger partial charge in [-0.3, -0.25) is 9.59 Å². The molecule has 0 heterocycles. The van der Waals surface area contributed by atoms with Crippen molar-refractivity contribution in [3.05, 3.63) is 58.6 Å². The Morgan fingerprint density at radius 1 is 1.10 bits per heavy atom. The predicted octanol–water partition coefficient (Wildman–Crippen LogP) is 3.10. The Morgan fingerprint density at radius 2 is 1.90 bits per heavy atom. The molecule has 29 heavy (non-hydrogen) atoms. The van der Waals surface area contributed by atoms with Crippen LogP contribution >= 0.6 is 11.6 Å². The van der Waals surface area contributed by atoms with Gasteiger partial charge in [0.15, 0.2) is 13.2 Å². The average molecular weight is 417 g/mol. The second-order valence-electron chi connectivity index (χ2n) is 6.74. The van der Waals surface area contributed by atoms with Crippen molar-refractivity contribution < 1.29 is 23.9 Å². The molecule has 0 radical (unpaired) electrons. The summed E-state index contributed by atoms with van der Waals surface area (Å²) in [7, 11) is 0. The highest BCUT2D eigenvalue weighted by Gasteiger charge is 2.23. The smallest absolute Gasteiger partial charge is 0.344 e. The molecule has 1 aliphatic rings. The van der Waals surface area contributed by atoms with Crippen LogP contribution in [0.15, 0.2) is 42.5 Å². The van der Waals surface area contributed by atoms with Crippen molar-refractivity contribution in [2.75, 3.05) is 18.5 Å². The Kier molecular flexibility index (Phi) is 6.72. The van der Waals surface area contributed by atoms with E-state index in [4.69, 9.17) is 21.1 Å². The highest BCUT2D eigenvalue weighted by atomic mass is 35.5. The molecular formula is C21H21ClN2O5. The number of esters is 1. The fourth-order valence-corrected chi connectivity index (χ4v) is 2.76. The van der Waals surface area contributed by atoms with Crippen LogP contribution in [0.4, 0.5) is 5.69 Å². The summed E-state index contributed by atoms with van der Waals surface area (Å²) in [6.07, 6.45) is 1.99. The number of carbonyl (C=O) groups excluding carboxylic acids is 3. The van der Waals surface area contributed by atoms with Gasteiger partial charge in [0, 0.05) is 22.3 Å². The molecular weight excluding hydrogens is 396 g/mol. The van der Waals surface area contributed by atoms with Crippen molar-refractivity contribution >= 4 is 35.1 Å². The maximum Gasteiger partial charge on any atom is 0.344 e. The molecule has 2 amide bonds. The lowest BCUT2D eigenvalue weighted by atomic mass is 10.2. The molecule has 0 spiro atoms. The third-order valence-electron chi connectivity index (χ3n) is 4.17. The molecule has 152 valence electrons. The minimum absolute atomic E-state index is 0.176. The normalized spacial score (nSPS) is 12.8. The fourth-order valence-electron chi connectivity index (χ4n) is 2.53. The summed E-state index contributed by atoms with van der Waals surface area (Å²) < 4.78 is 10.3. The van der Waals surface area contributed by atoms with Gasteiger partial charge in [0.25, 0.3) is 11.8 Å². The van der Waals surface area contributed by atoms with E-state index in [9.17, 15) is 14.4 Å². The van der Waals surface area contributed by atoms with Crippen LogP contribution in [0, 0.1) is 6.92 Å². The molecule has 2 N–H and O–H groups in total. The average Bonchev–Trinajstić information content (AvgIpc) is 3.50. The van der Waals surface area contributed by atoms with E-state index in [1.165, 1.54) is 0 Å². The Balaban J connectivity index is 1.43. The number of benzene rings is 2. The van der Waals surface area contributed by atoms with Crippen LogP contribution in [0.25, 0.3) is 0 Å². The largest absolute Gasteiger partial charge is 0.482 e. The molecule has 0 bridgehead atoms. The number of hydrogen-bond acceptors (Lipinski definition) is 5. The molecule has 3 rings (SSSR count). The second kappa shape index (κ2) is 9.43. The summed E-state index contributed by atoms with van der Waals surface area (Å²) in [4.78, 5) is 35.9. The van der Waals surface area contributed by atoms with Crippen LogP contribution in [-0.2, 0) is 14.3 Å². The number of carbonyl (C=O) groups is 3. The van der Waals surface area contributed by atoms with Crippen molar-refractivity contribution in [1.29, 1.82) is 0 Å². The van der Waals surface area contributed by atoms with Crippen LogP contribution in [0.5, 0.6) is 5.75 Å². The summed E-state index contributed by atoms with van der Waals surface area (Å²) in [5.41, 5.74) is 1.69. The molecule has 0 aromatic heterocycles. The number of hydrogen-bond donors (Lipinski definition) is 2. The monoisotopic (exact) mass is 416 g/mol. The van der Waals surface area contributed by atoms with E-state index < -0.39 is 18.5 Å². The summed E-state index contributed by atoms with van der Waals surface area (Å²) in [6, 6.07) is 11.8. The predicted molar refractivity (Wildman–Crippen MR) is 108 cm³/mol. The van der Waals surface area contributed by atoms with Gasteiger partial charge >= 0.3 is 5.97 Å². The zero-order chi connectivity index (χ0) is 20.8. The molecule has 0 saturated heterocycles. The molecule has 0 atom stereocenters. The fraction of sp³-hybridized carbons (Fsp3) is 0.286. The number of halogens is 1. The molecule has 2 aromatic carbocycles. The van der Waals surface area contributed by atoms with Crippen LogP contribution in [-0.4, -0.2) is 37.0 Å². The number of rotatable bonds is 8. The van der Waals surface area contributed by atoms with E-state index in [0.29, 0.717) is 22.0 Å². The molecule has 8 heteroatoms. The molecule has 0 unspecified atom stereocenters. The minimum Gasteiger partial charge on any atom is -0.482 e. The number of nitrogens with one attached hydrogen (secondary N) is 2. The zero-order valence-electron chi connectivity index (χ0n) is 15.9. The highest BCUT2D eigenvalue weighted by molar-refractivity contribution is 6.30. The van der Waals surface area contributed by atoms with Crippen LogP contribution in [0.2, 0.25) is 5.02 Å². The van der Waals surface area contributed by atoms with Gasteiger partial charge in [-0.25, -0.2) is 4.79 Å². The minimum atomic E-state index is -0.674. The van der Waals surface area contributed by atoms with Gasteiger partial charge in [0.2, 0.25) is 0 Å². The Morgan fingerprint density at radius 3 is 2.62 bits per heavy atom. The van der Waals surface area contributed by atoms with E-state index in [1.807, 2.05) is 0 Å². The van der Waals surface area contributed by atoms with E-state index in [-0.39, 0.29) is 18.6 Å². The zero-order valence-corrected chi connectivity index (χ0v) is 16.6. The lowest BCUT2D eigenvalue weighted by Crippen LogP contribution is -2.26. The van der Waals surface area contributed by atoms with Crippen molar-refractivity contribution in [2.24, 2.45) is 0 Å². The van der Waals surface area contributed by atoms with E-state index in [1.54, 1.807) is 49.4 Å². The van der Waals surface area contributed by atoms with Gasteiger partial charge in [-0.05, 0) is 61.7 Å². The first-order valence-corrected chi connectivity index (χ1v) is 9.54. The van der Waals surface area contributed by atoms with Gasteiger partial charge in [-0.1, -0.05) is 17.7 Å². The Bertz CT molecular complexity index is 927. The van der Waals surface area contributed by atoms with E-state index >= 15 is 0 Å². The van der Waals surface area contributed by atoms with Gasteiger partial charge in [0.05, 0.1) is 0 Å². The molecule has 1 aliphatic carbocycles. The van der Waals surface area contributed by atoms with Crippen LogP contribution in [0.3, 0.4) is 0 Å². The number of amides is 2. The molecule has 0 aliphatic heterocycles. The van der Waals surface area contributed by atoms with Crippen molar-refractivity contribution in [3.8, 4) is 5.75 Å². The standard InChI is InChI=1S/C21H21ClN2O5/c1-13-9-15(22)5-8-18(13)28-12-20(26)29-11-19(25)23-17-4-2-3-14(10-17)21(27)24-16-6-7-16/h2-5,8-10,16H,6-7,11-12H2,1H3,(H,23,25)(H,24,27). The van der Waals surface area contributed by atoms with Crippen molar-refractivity contribution in [3.63, 3.8) is 0 Å². The first kappa shape index (κ1) is 20.7. The summed E-state index contributed by atoms with van der Waals surface area (Å²) in [5, 5.41) is 6.05.